The van der Waals surface area contributed by atoms with Crippen LogP contribution >= 0.6 is 0 Å². The molecule has 0 aromatic heterocycles. The maximum absolute atomic E-state index is 12.6. The summed E-state index contributed by atoms with van der Waals surface area (Å²) in [6.07, 6.45) is 1.60. The van der Waals surface area contributed by atoms with Gasteiger partial charge in [-0.25, -0.2) is 0 Å². The molecule has 0 unspecified atom stereocenters. The summed E-state index contributed by atoms with van der Waals surface area (Å²) in [6, 6.07) is 16.4. The summed E-state index contributed by atoms with van der Waals surface area (Å²) in [5.41, 5.74) is 1.61. The van der Waals surface area contributed by atoms with Gasteiger partial charge in [0.2, 0.25) is 11.8 Å². The molecule has 2 fully saturated rings. The number of nitrogens with one attached hydrogen (secondary N) is 3. The maximum atomic E-state index is 12.6. The van der Waals surface area contributed by atoms with Crippen molar-refractivity contribution in [2.75, 3.05) is 20.2 Å². The van der Waals surface area contributed by atoms with Crippen molar-refractivity contribution in [1.82, 2.24) is 20.9 Å². The lowest BCUT2D eigenvalue weighted by Crippen LogP contribution is -2.58. The van der Waals surface area contributed by atoms with Gasteiger partial charge in [-0.15, -0.1) is 0 Å². The van der Waals surface area contributed by atoms with Gasteiger partial charge in [-0.05, 0) is 42.7 Å². The summed E-state index contributed by atoms with van der Waals surface area (Å²) in [5, 5.41) is 8.97. The SMILES string of the molecule is COc1ccc(C(=O)N[C@H]2C[C@H]3C(=O)NC[C@@H](CCC(=O)NCc4ccccc4)N3C2)cc1. The first-order valence-electron chi connectivity index (χ1n) is 11.3. The van der Waals surface area contributed by atoms with Crippen LogP contribution in [0.5, 0.6) is 5.75 Å². The van der Waals surface area contributed by atoms with E-state index in [1.165, 1.54) is 0 Å². The predicted molar refractivity (Wildman–Crippen MR) is 124 cm³/mol. The lowest BCUT2D eigenvalue weighted by molar-refractivity contribution is -0.129. The van der Waals surface area contributed by atoms with Crippen LogP contribution < -0.4 is 20.7 Å². The number of nitrogens with zero attached hydrogens (tertiary/aromatic N) is 1. The molecule has 2 aromatic rings. The zero-order valence-electron chi connectivity index (χ0n) is 18.8. The van der Waals surface area contributed by atoms with E-state index in [9.17, 15) is 14.4 Å². The van der Waals surface area contributed by atoms with E-state index in [2.05, 4.69) is 20.9 Å². The number of ether oxygens (including phenoxy) is 1. The molecule has 0 radical (unpaired) electrons. The Hall–Kier alpha value is -3.39. The summed E-state index contributed by atoms with van der Waals surface area (Å²) >= 11 is 0. The van der Waals surface area contributed by atoms with Crippen LogP contribution in [0.2, 0.25) is 0 Å². The van der Waals surface area contributed by atoms with Crippen molar-refractivity contribution in [2.24, 2.45) is 0 Å². The number of rotatable bonds is 8. The first kappa shape index (κ1) is 22.8. The van der Waals surface area contributed by atoms with Gasteiger partial charge in [-0.1, -0.05) is 30.3 Å². The number of carbonyl (C=O) groups is 3. The van der Waals surface area contributed by atoms with Crippen molar-refractivity contribution >= 4 is 17.7 Å². The van der Waals surface area contributed by atoms with Gasteiger partial charge in [-0.3, -0.25) is 19.3 Å². The zero-order chi connectivity index (χ0) is 23.2. The highest BCUT2D eigenvalue weighted by Gasteiger charge is 2.43. The molecule has 8 nitrogen and oxygen atoms in total. The zero-order valence-corrected chi connectivity index (χ0v) is 18.8. The lowest BCUT2D eigenvalue weighted by atomic mass is 10.0. The van der Waals surface area contributed by atoms with Gasteiger partial charge in [-0.2, -0.15) is 0 Å². The third kappa shape index (κ3) is 5.70. The molecule has 3 amide bonds. The first-order chi connectivity index (χ1) is 16.0. The van der Waals surface area contributed by atoms with Crippen molar-refractivity contribution < 1.29 is 19.1 Å². The Balaban J connectivity index is 1.29. The number of fused-ring (bicyclic) bond motifs is 1. The normalized spacial score (nSPS) is 22.2. The Labute approximate surface area is 193 Å². The third-order valence-corrected chi connectivity index (χ3v) is 6.35. The minimum absolute atomic E-state index is 0.00383. The molecule has 3 atom stereocenters. The number of amides is 3. The Bertz CT molecular complexity index is 980. The van der Waals surface area contributed by atoms with E-state index in [0.29, 0.717) is 50.2 Å². The number of piperazine rings is 1. The van der Waals surface area contributed by atoms with Crippen molar-refractivity contribution in [3.8, 4) is 5.75 Å². The summed E-state index contributed by atoms with van der Waals surface area (Å²) in [4.78, 5) is 39.6. The molecule has 2 aliphatic heterocycles. The van der Waals surface area contributed by atoms with E-state index in [4.69, 9.17) is 4.74 Å². The van der Waals surface area contributed by atoms with Gasteiger partial charge >= 0.3 is 0 Å². The number of benzene rings is 2. The molecular weight excluding hydrogens is 420 g/mol. The molecule has 4 rings (SSSR count). The van der Waals surface area contributed by atoms with E-state index in [1.54, 1.807) is 31.4 Å². The van der Waals surface area contributed by atoms with Crippen LogP contribution in [0, 0.1) is 0 Å². The van der Waals surface area contributed by atoms with E-state index in [-0.39, 0.29) is 35.8 Å². The van der Waals surface area contributed by atoms with Gasteiger partial charge in [0, 0.05) is 43.7 Å². The van der Waals surface area contributed by atoms with Crippen LogP contribution in [-0.4, -0.2) is 60.9 Å². The molecule has 2 aromatic carbocycles. The Morgan fingerprint density at radius 1 is 1.12 bits per heavy atom. The molecule has 2 saturated heterocycles. The monoisotopic (exact) mass is 450 g/mol. The van der Waals surface area contributed by atoms with Gasteiger partial charge in [0.1, 0.15) is 5.75 Å². The fourth-order valence-corrected chi connectivity index (χ4v) is 4.54. The Morgan fingerprint density at radius 3 is 2.61 bits per heavy atom. The highest BCUT2D eigenvalue weighted by Crippen LogP contribution is 2.26. The molecule has 3 N–H and O–H groups in total. The van der Waals surface area contributed by atoms with E-state index < -0.39 is 0 Å². The second-order valence-electron chi connectivity index (χ2n) is 8.55. The fourth-order valence-electron chi connectivity index (χ4n) is 4.54. The fraction of sp³-hybridized carbons (Fsp3) is 0.400. The predicted octanol–water partition coefficient (Wildman–Crippen LogP) is 1.46. The lowest BCUT2D eigenvalue weighted by Gasteiger charge is -2.37. The van der Waals surface area contributed by atoms with E-state index in [1.807, 2.05) is 30.3 Å². The third-order valence-electron chi connectivity index (χ3n) is 6.35. The molecular formula is C25H30N4O4. The van der Waals surface area contributed by atoms with Crippen molar-refractivity contribution in [3.05, 3.63) is 65.7 Å². The van der Waals surface area contributed by atoms with Crippen LogP contribution in [0.1, 0.15) is 35.2 Å². The molecule has 0 spiro atoms. The number of methoxy groups -OCH3 is 1. The average molecular weight is 451 g/mol. The van der Waals surface area contributed by atoms with E-state index >= 15 is 0 Å². The highest BCUT2D eigenvalue weighted by atomic mass is 16.5. The summed E-state index contributed by atoms with van der Waals surface area (Å²) in [7, 11) is 1.58. The van der Waals surface area contributed by atoms with Gasteiger partial charge < -0.3 is 20.7 Å². The molecule has 0 saturated carbocycles. The molecule has 2 heterocycles. The Morgan fingerprint density at radius 2 is 1.88 bits per heavy atom. The van der Waals surface area contributed by atoms with Crippen LogP contribution in [0.4, 0.5) is 0 Å². The molecule has 33 heavy (non-hydrogen) atoms. The van der Waals surface area contributed by atoms with Crippen LogP contribution in [0.25, 0.3) is 0 Å². The summed E-state index contributed by atoms with van der Waals surface area (Å²) in [6.45, 7) is 1.61. The van der Waals surface area contributed by atoms with Crippen molar-refractivity contribution in [1.29, 1.82) is 0 Å². The first-order valence-corrected chi connectivity index (χ1v) is 11.3. The molecule has 174 valence electrons. The van der Waals surface area contributed by atoms with Gasteiger partial charge in [0.25, 0.3) is 5.91 Å². The summed E-state index contributed by atoms with van der Waals surface area (Å²) < 4.78 is 5.14. The quantitative estimate of drug-likeness (QED) is 0.566. The Kier molecular flexibility index (Phi) is 7.24. The maximum Gasteiger partial charge on any atom is 0.251 e. The van der Waals surface area contributed by atoms with Gasteiger partial charge in [0.05, 0.1) is 13.2 Å². The molecule has 2 aliphatic rings. The van der Waals surface area contributed by atoms with E-state index in [0.717, 1.165) is 5.56 Å². The smallest absolute Gasteiger partial charge is 0.251 e. The van der Waals surface area contributed by atoms with Crippen molar-refractivity contribution in [2.45, 2.75) is 43.9 Å². The number of carbonyl (C=O) groups excluding carboxylic acids is 3. The number of hydrogen-bond acceptors (Lipinski definition) is 5. The minimum Gasteiger partial charge on any atom is -0.497 e. The van der Waals surface area contributed by atoms with Crippen LogP contribution in [0.15, 0.2) is 54.6 Å². The van der Waals surface area contributed by atoms with Gasteiger partial charge in [0.15, 0.2) is 0 Å². The largest absolute Gasteiger partial charge is 0.497 e. The van der Waals surface area contributed by atoms with Crippen LogP contribution in [-0.2, 0) is 16.1 Å². The minimum atomic E-state index is -0.280. The second-order valence-corrected chi connectivity index (χ2v) is 8.55. The standard InChI is InChI=1S/C25H30N4O4/c1-33-21-10-7-18(8-11-21)24(31)28-19-13-22-25(32)27-15-20(29(22)16-19)9-12-23(30)26-14-17-5-3-2-4-6-17/h2-8,10-11,19-20,22H,9,12-16H2,1H3,(H,26,30)(H,27,32)(H,28,31)/t19-,20+,22-/m0/s1. The second kappa shape index (κ2) is 10.5. The molecule has 0 aliphatic carbocycles. The number of hydrogen-bond donors (Lipinski definition) is 3. The van der Waals surface area contributed by atoms with Crippen molar-refractivity contribution in [3.63, 3.8) is 0 Å². The van der Waals surface area contributed by atoms with Crippen LogP contribution in [0.3, 0.4) is 0 Å². The molecule has 8 heteroatoms. The highest BCUT2D eigenvalue weighted by molar-refractivity contribution is 5.94. The average Bonchev–Trinajstić information content (AvgIpc) is 3.27. The topological polar surface area (TPSA) is 99.8 Å². The summed E-state index contributed by atoms with van der Waals surface area (Å²) in [5.74, 6) is 0.508. The molecule has 0 bridgehead atoms.